The molecule has 8 nitrogen and oxygen atoms in total. The van der Waals surface area contributed by atoms with E-state index in [1.165, 1.54) is 6.08 Å². The number of benzene rings is 2. The zero-order chi connectivity index (χ0) is 25.2. The van der Waals surface area contributed by atoms with Crippen LogP contribution in [0, 0.1) is 11.3 Å². The van der Waals surface area contributed by atoms with Crippen LogP contribution in [0.1, 0.15) is 28.2 Å². The minimum absolute atomic E-state index is 0.00458. The molecular formula is C28H27N5O3. The van der Waals surface area contributed by atoms with Gasteiger partial charge in [0.2, 0.25) is 5.91 Å². The summed E-state index contributed by atoms with van der Waals surface area (Å²) in [5, 5.41) is 21.5. The highest BCUT2D eigenvalue weighted by Gasteiger charge is 2.32. The van der Waals surface area contributed by atoms with Crippen LogP contribution >= 0.6 is 0 Å². The number of pyridine rings is 1. The summed E-state index contributed by atoms with van der Waals surface area (Å²) < 4.78 is 0. The van der Waals surface area contributed by atoms with Gasteiger partial charge in [-0.1, -0.05) is 43.0 Å². The van der Waals surface area contributed by atoms with Crippen molar-refractivity contribution in [3.8, 4) is 6.07 Å². The van der Waals surface area contributed by atoms with Crippen molar-refractivity contribution < 1.29 is 14.7 Å². The van der Waals surface area contributed by atoms with E-state index in [4.69, 9.17) is 0 Å². The number of carbonyl (C=O) groups is 2. The van der Waals surface area contributed by atoms with Gasteiger partial charge < -0.3 is 19.8 Å². The van der Waals surface area contributed by atoms with Crippen LogP contribution in [0.15, 0.2) is 61.2 Å². The van der Waals surface area contributed by atoms with E-state index in [9.17, 15) is 20.0 Å². The molecule has 2 aliphatic heterocycles. The highest BCUT2D eigenvalue weighted by atomic mass is 16.4. The molecule has 8 heteroatoms. The molecule has 36 heavy (non-hydrogen) atoms. The molecule has 1 unspecified atom stereocenters. The average molecular weight is 482 g/mol. The predicted octanol–water partition coefficient (Wildman–Crippen LogP) is 3.61. The van der Waals surface area contributed by atoms with Gasteiger partial charge in [0.05, 0.1) is 30.8 Å². The van der Waals surface area contributed by atoms with Gasteiger partial charge in [-0.2, -0.15) is 5.26 Å². The van der Waals surface area contributed by atoms with Crippen molar-refractivity contribution in [2.45, 2.75) is 25.4 Å². The molecule has 1 aromatic heterocycles. The number of carboxylic acids is 1. The number of fused-ring (bicyclic) bond motifs is 2. The summed E-state index contributed by atoms with van der Waals surface area (Å²) in [5.41, 5.74) is 3.74. The summed E-state index contributed by atoms with van der Waals surface area (Å²) in [4.78, 5) is 34.9. The molecule has 1 atom stereocenters. The van der Waals surface area contributed by atoms with Crippen LogP contribution in [0.5, 0.6) is 0 Å². The van der Waals surface area contributed by atoms with Crippen LogP contribution in [0.3, 0.4) is 0 Å². The van der Waals surface area contributed by atoms with E-state index in [2.05, 4.69) is 51.7 Å². The SMILES string of the molecule is C=CC(=O)N1CCN(c2cc(C(=O)O)nc3c2CCN(c2cccc4ccccc24)C3)CC1CC#N. The van der Waals surface area contributed by atoms with E-state index >= 15 is 0 Å². The van der Waals surface area contributed by atoms with Crippen molar-refractivity contribution in [1.29, 1.82) is 5.26 Å². The first-order chi connectivity index (χ1) is 17.5. The van der Waals surface area contributed by atoms with Crippen LogP contribution in [-0.2, 0) is 17.8 Å². The molecule has 0 saturated carbocycles. The van der Waals surface area contributed by atoms with E-state index in [1.807, 2.05) is 18.2 Å². The van der Waals surface area contributed by atoms with Crippen molar-refractivity contribution in [3.63, 3.8) is 0 Å². The molecule has 5 rings (SSSR count). The number of aromatic nitrogens is 1. The minimum atomic E-state index is -1.07. The third-order valence-corrected chi connectivity index (χ3v) is 7.09. The van der Waals surface area contributed by atoms with Gasteiger partial charge in [-0.05, 0) is 30.0 Å². The summed E-state index contributed by atoms with van der Waals surface area (Å²) in [7, 11) is 0. The number of amides is 1. The fourth-order valence-electron chi connectivity index (χ4n) is 5.36. The van der Waals surface area contributed by atoms with Gasteiger partial charge in [0, 0.05) is 48.5 Å². The zero-order valence-corrected chi connectivity index (χ0v) is 19.9. The average Bonchev–Trinajstić information content (AvgIpc) is 2.91. The van der Waals surface area contributed by atoms with Crippen LogP contribution in [0.25, 0.3) is 10.8 Å². The van der Waals surface area contributed by atoms with E-state index in [-0.39, 0.29) is 24.1 Å². The van der Waals surface area contributed by atoms with E-state index in [0.717, 1.165) is 46.4 Å². The van der Waals surface area contributed by atoms with E-state index in [1.54, 1.807) is 11.0 Å². The lowest BCUT2D eigenvalue weighted by Crippen LogP contribution is -2.55. The Morgan fingerprint density at radius 3 is 2.69 bits per heavy atom. The second kappa shape index (κ2) is 9.70. The van der Waals surface area contributed by atoms with Crippen molar-refractivity contribution in [1.82, 2.24) is 9.88 Å². The molecule has 0 bridgehead atoms. The molecule has 3 aromatic rings. The number of nitrogens with zero attached hydrogens (tertiary/aromatic N) is 5. The Labute approximate surface area is 209 Å². The predicted molar refractivity (Wildman–Crippen MR) is 138 cm³/mol. The first-order valence-corrected chi connectivity index (χ1v) is 12.0. The first-order valence-electron chi connectivity index (χ1n) is 12.0. The van der Waals surface area contributed by atoms with Crippen LogP contribution in [0.4, 0.5) is 11.4 Å². The Hall–Kier alpha value is -4.38. The number of nitriles is 1. The molecule has 182 valence electrons. The summed E-state index contributed by atoms with van der Waals surface area (Å²) in [6.07, 6.45) is 2.19. The van der Waals surface area contributed by atoms with Crippen molar-refractivity contribution in [3.05, 3.63) is 78.1 Å². The van der Waals surface area contributed by atoms with Crippen LogP contribution < -0.4 is 9.80 Å². The second-order valence-electron chi connectivity index (χ2n) is 9.12. The molecule has 1 fully saturated rings. The van der Waals surface area contributed by atoms with E-state index in [0.29, 0.717) is 26.2 Å². The monoisotopic (exact) mass is 481 g/mol. The second-order valence-corrected chi connectivity index (χ2v) is 9.12. The fourth-order valence-corrected chi connectivity index (χ4v) is 5.36. The molecule has 0 aliphatic carbocycles. The highest BCUT2D eigenvalue weighted by Crippen LogP contribution is 2.35. The maximum atomic E-state index is 12.3. The lowest BCUT2D eigenvalue weighted by atomic mass is 9.98. The number of anilines is 2. The summed E-state index contributed by atoms with van der Waals surface area (Å²) >= 11 is 0. The Morgan fingerprint density at radius 2 is 1.92 bits per heavy atom. The summed E-state index contributed by atoms with van der Waals surface area (Å²) in [6.45, 7) is 6.31. The molecule has 3 heterocycles. The van der Waals surface area contributed by atoms with Crippen LogP contribution in [-0.4, -0.2) is 59.1 Å². The number of hydrogen-bond acceptors (Lipinski definition) is 6. The first kappa shape index (κ1) is 23.4. The molecule has 1 amide bonds. The maximum absolute atomic E-state index is 12.3. The Kier molecular flexibility index (Phi) is 6.30. The Balaban J connectivity index is 1.50. The Bertz CT molecular complexity index is 1390. The van der Waals surface area contributed by atoms with Crippen molar-refractivity contribution in [2.75, 3.05) is 36.0 Å². The summed E-state index contributed by atoms with van der Waals surface area (Å²) in [5.74, 6) is -1.26. The maximum Gasteiger partial charge on any atom is 0.354 e. The van der Waals surface area contributed by atoms with Gasteiger partial charge in [0.25, 0.3) is 0 Å². The molecule has 2 aliphatic rings. The molecule has 2 aromatic carbocycles. The number of piperazine rings is 1. The Morgan fingerprint density at radius 1 is 1.11 bits per heavy atom. The quantitative estimate of drug-likeness (QED) is 0.556. The lowest BCUT2D eigenvalue weighted by molar-refractivity contribution is -0.128. The number of aromatic carboxylic acids is 1. The molecule has 0 radical (unpaired) electrons. The number of rotatable bonds is 5. The molecular weight excluding hydrogens is 454 g/mol. The van der Waals surface area contributed by atoms with Crippen molar-refractivity contribution in [2.24, 2.45) is 0 Å². The van der Waals surface area contributed by atoms with Gasteiger partial charge in [-0.15, -0.1) is 0 Å². The third kappa shape index (κ3) is 4.24. The topological polar surface area (TPSA) is 101 Å². The molecule has 1 N–H and O–H groups in total. The van der Waals surface area contributed by atoms with Crippen molar-refractivity contribution >= 4 is 34.0 Å². The summed E-state index contributed by atoms with van der Waals surface area (Å²) in [6, 6.07) is 18.0. The minimum Gasteiger partial charge on any atom is -0.477 e. The van der Waals surface area contributed by atoms with Gasteiger partial charge in [-0.3, -0.25) is 4.79 Å². The zero-order valence-electron chi connectivity index (χ0n) is 19.9. The standard InChI is InChI=1S/C28H27N5O3/c1-2-27(34)33-15-14-32(17-20(33)10-12-29)26-16-23(28(35)36)30-24-18-31(13-11-22(24)26)25-9-5-7-19-6-3-4-8-21(19)25/h2-9,16,20H,1,10-11,13-15,17-18H2,(H,35,36). The number of carbonyl (C=O) groups excluding carboxylic acids is 1. The van der Waals surface area contributed by atoms with E-state index < -0.39 is 5.97 Å². The molecule has 0 spiro atoms. The van der Waals surface area contributed by atoms with Crippen LogP contribution in [0.2, 0.25) is 0 Å². The van der Waals surface area contributed by atoms with Gasteiger partial charge in [0.15, 0.2) is 5.69 Å². The lowest BCUT2D eigenvalue weighted by Gasteiger charge is -2.43. The third-order valence-electron chi connectivity index (χ3n) is 7.09. The highest BCUT2D eigenvalue weighted by molar-refractivity contribution is 5.94. The fraction of sp³-hybridized carbons (Fsp3) is 0.286. The normalized spacial score (nSPS) is 17.4. The smallest absolute Gasteiger partial charge is 0.354 e. The number of hydrogen-bond donors (Lipinski definition) is 1. The van der Waals surface area contributed by atoms with Gasteiger partial charge >= 0.3 is 5.97 Å². The largest absolute Gasteiger partial charge is 0.477 e. The van der Waals surface area contributed by atoms with Gasteiger partial charge in [0.1, 0.15) is 0 Å². The molecule has 1 saturated heterocycles. The van der Waals surface area contributed by atoms with Gasteiger partial charge in [-0.25, -0.2) is 9.78 Å². The number of carboxylic acid groups (broad SMARTS) is 1.